The number of nitrogens with zero attached hydrogens (tertiary/aromatic N) is 2. The molecule has 1 aromatic heterocycles. The SMILES string of the molecule is COc1ccc(C)cc1NC(=O)[C@H](OC(=O)c1c2c(nc3ccccc13)CCN(C)C2)c1ccccc1. The largest absolute Gasteiger partial charge is 0.495 e. The number of hydrogen-bond donors (Lipinski definition) is 1. The van der Waals surface area contributed by atoms with Crippen LogP contribution in [0.15, 0.2) is 72.8 Å². The first-order chi connectivity index (χ1) is 17.9. The maximum Gasteiger partial charge on any atom is 0.340 e. The van der Waals surface area contributed by atoms with Crippen LogP contribution in [-0.2, 0) is 22.5 Å². The molecule has 0 fully saturated rings. The number of likely N-dealkylation sites (N-methyl/N-ethyl adjacent to an activating group) is 1. The fourth-order valence-electron chi connectivity index (χ4n) is 4.74. The number of nitrogens with one attached hydrogen (secondary N) is 1. The Balaban J connectivity index is 1.54. The third-order valence-electron chi connectivity index (χ3n) is 6.62. The smallest absolute Gasteiger partial charge is 0.340 e. The van der Waals surface area contributed by atoms with Crippen LogP contribution in [0, 0.1) is 6.92 Å². The number of para-hydroxylation sites is 1. The van der Waals surface area contributed by atoms with Crippen molar-refractivity contribution in [2.24, 2.45) is 0 Å². The van der Waals surface area contributed by atoms with Gasteiger partial charge in [-0.05, 0) is 37.7 Å². The molecule has 0 saturated carbocycles. The fourth-order valence-corrected chi connectivity index (χ4v) is 4.74. The Bertz CT molecular complexity index is 1470. The highest BCUT2D eigenvalue weighted by Gasteiger charge is 2.31. The molecule has 3 aromatic carbocycles. The molecule has 1 aliphatic rings. The molecule has 0 spiro atoms. The van der Waals surface area contributed by atoms with Gasteiger partial charge in [-0.3, -0.25) is 9.78 Å². The minimum absolute atomic E-state index is 0.465. The number of hydrogen-bond acceptors (Lipinski definition) is 6. The minimum atomic E-state index is -1.16. The molecular weight excluding hydrogens is 466 g/mol. The number of rotatable bonds is 6. The van der Waals surface area contributed by atoms with Gasteiger partial charge >= 0.3 is 5.97 Å². The van der Waals surface area contributed by atoms with Crippen LogP contribution in [0.1, 0.15) is 38.8 Å². The van der Waals surface area contributed by atoms with Crippen molar-refractivity contribution in [1.29, 1.82) is 0 Å². The molecule has 1 aliphatic heterocycles. The zero-order valence-corrected chi connectivity index (χ0v) is 21.2. The Morgan fingerprint density at radius 1 is 1.03 bits per heavy atom. The zero-order chi connectivity index (χ0) is 25.9. The van der Waals surface area contributed by atoms with Crippen molar-refractivity contribution in [3.63, 3.8) is 0 Å². The lowest BCUT2D eigenvalue weighted by Crippen LogP contribution is -2.31. The van der Waals surface area contributed by atoms with E-state index in [1.807, 2.05) is 68.6 Å². The summed E-state index contributed by atoms with van der Waals surface area (Å²) in [5, 5.41) is 3.62. The number of carbonyl (C=O) groups excluding carboxylic acids is 2. The Hall–Kier alpha value is -4.23. The monoisotopic (exact) mass is 495 g/mol. The van der Waals surface area contributed by atoms with E-state index in [1.165, 1.54) is 0 Å². The Kier molecular flexibility index (Phi) is 6.88. The number of fused-ring (bicyclic) bond motifs is 2. The summed E-state index contributed by atoms with van der Waals surface area (Å²) in [4.78, 5) is 34.5. The van der Waals surface area contributed by atoms with Crippen LogP contribution in [0.4, 0.5) is 5.69 Å². The van der Waals surface area contributed by atoms with Crippen molar-refractivity contribution in [3.8, 4) is 5.75 Å². The Morgan fingerprint density at radius 2 is 1.78 bits per heavy atom. The van der Waals surface area contributed by atoms with Crippen LogP contribution in [0.2, 0.25) is 0 Å². The number of amides is 1. The maximum absolute atomic E-state index is 13.9. The fraction of sp³-hybridized carbons (Fsp3) is 0.233. The number of ether oxygens (including phenoxy) is 2. The second kappa shape index (κ2) is 10.4. The van der Waals surface area contributed by atoms with E-state index in [1.54, 1.807) is 25.3 Å². The Labute approximate surface area is 216 Å². The van der Waals surface area contributed by atoms with Crippen molar-refractivity contribution in [2.45, 2.75) is 26.0 Å². The molecular formula is C30H29N3O4. The molecule has 7 nitrogen and oxygen atoms in total. The first-order valence-electron chi connectivity index (χ1n) is 12.2. The van der Waals surface area contributed by atoms with Gasteiger partial charge in [0.25, 0.3) is 5.91 Å². The molecule has 4 aromatic rings. The van der Waals surface area contributed by atoms with E-state index in [-0.39, 0.29) is 0 Å². The standard InChI is InChI=1S/C30H29N3O4/c1-19-13-14-26(36-3)25(17-19)32-29(34)28(20-9-5-4-6-10-20)37-30(35)27-21-11-7-8-12-23(21)31-24-15-16-33(2)18-22(24)27/h4-14,17,28H,15-16,18H2,1-3H3,(H,32,34)/t28-/m1/s1. The van der Waals surface area contributed by atoms with E-state index in [0.29, 0.717) is 34.5 Å². The number of methoxy groups -OCH3 is 1. The van der Waals surface area contributed by atoms with Gasteiger partial charge in [0.05, 0.1) is 23.9 Å². The van der Waals surface area contributed by atoms with E-state index < -0.39 is 18.0 Å². The van der Waals surface area contributed by atoms with E-state index in [9.17, 15) is 9.59 Å². The molecule has 1 amide bonds. The first-order valence-corrected chi connectivity index (χ1v) is 12.2. The molecule has 0 unspecified atom stereocenters. The third-order valence-corrected chi connectivity index (χ3v) is 6.62. The topological polar surface area (TPSA) is 80.8 Å². The van der Waals surface area contributed by atoms with Crippen molar-refractivity contribution >= 4 is 28.5 Å². The predicted octanol–water partition coefficient (Wildman–Crippen LogP) is 5.08. The maximum atomic E-state index is 13.9. The molecule has 1 atom stereocenters. The van der Waals surface area contributed by atoms with Gasteiger partial charge in [0, 0.05) is 41.7 Å². The van der Waals surface area contributed by atoms with E-state index >= 15 is 0 Å². The second-order valence-electron chi connectivity index (χ2n) is 9.31. The van der Waals surface area contributed by atoms with Gasteiger partial charge < -0.3 is 19.7 Å². The Morgan fingerprint density at radius 3 is 2.57 bits per heavy atom. The van der Waals surface area contributed by atoms with Crippen LogP contribution in [0.3, 0.4) is 0 Å². The summed E-state index contributed by atoms with van der Waals surface area (Å²) in [6.07, 6.45) is -0.421. The average molecular weight is 496 g/mol. The molecule has 0 aliphatic carbocycles. The van der Waals surface area contributed by atoms with E-state index in [4.69, 9.17) is 14.5 Å². The minimum Gasteiger partial charge on any atom is -0.495 e. The zero-order valence-electron chi connectivity index (χ0n) is 21.2. The number of esters is 1. The summed E-state index contributed by atoms with van der Waals surface area (Å²) in [6.45, 7) is 3.37. The van der Waals surface area contributed by atoms with Crippen LogP contribution in [0.5, 0.6) is 5.75 Å². The molecule has 2 heterocycles. The molecule has 0 bridgehead atoms. The normalized spacial score (nSPS) is 14.0. The lowest BCUT2D eigenvalue weighted by molar-refractivity contribution is -0.125. The summed E-state index contributed by atoms with van der Waals surface area (Å²) in [6, 6.07) is 22.1. The van der Waals surface area contributed by atoms with E-state index in [0.717, 1.165) is 35.3 Å². The summed E-state index contributed by atoms with van der Waals surface area (Å²) in [5.41, 5.74) is 5.00. The summed E-state index contributed by atoms with van der Waals surface area (Å²) in [7, 11) is 3.56. The van der Waals surface area contributed by atoms with Gasteiger partial charge in [0.2, 0.25) is 6.10 Å². The van der Waals surface area contributed by atoms with Gasteiger partial charge in [-0.2, -0.15) is 0 Å². The molecule has 1 N–H and O–H groups in total. The number of aromatic nitrogens is 1. The number of benzene rings is 3. The van der Waals surface area contributed by atoms with Crippen molar-refractivity contribution in [1.82, 2.24) is 9.88 Å². The summed E-state index contributed by atoms with van der Waals surface area (Å²) in [5.74, 6) is -0.493. The molecule has 0 radical (unpaired) electrons. The highest BCUT2D eigenvalue weighted by molar-refractivity contribution is 6.06. The van der Waals surface area contributed by atoms with Gasteiger partial charge in [-0.1, -0.05) is 54.6 Å². The van der Waals surface area contributed by atoms with Crippen LogP contribution in [0.25, 0.3) is 10.9 Å². The highest BCUT2D eigenvalue weighted by Crippen LogP contribution is 2.32. The molecule has 0 saturated heterocycles. The highest BCUT2D eigenvalue weighted by atomic mass is 16.5. The predicted molar refractivity (Wildman–Crippen MR) is 143 cm³/mol. The van der Waals surface area contributed by atoms with Gasteiger partial charge in [-0.15, -0.1) is 0 Å². The first kappa shape index (κ1) is 24.5. The van der Waals surface area contributed by atoms with Crippen LogP contribution >= 0.6 is 0 Å². The van der Waals surface area contributed by atoms with Gasteiger partial charge in [0.15, 0.2) is 0 Å². The summed E-state index contributed by atoms with van der Waals surface area (Å²) >= 11 is 0. The molecule has 37 heavy (non-hydrogen) atoms. The quantitative estimate of drug-likeness (QED) is 0.376. The average Bonchev–Trinajstić information content (AvgIpc) is 2.91. The van der Waals surface area contributed by atoms with Crippen molar-refractivity contribution in [3.05, 3.63) is 101 Å². The molecule has 7 heteroatoms. The lowest BCUT2D eigenvalue weighted by Gasteiger charge is -2.27. The van der Waals surface area contributed by atoms with Crippen molar-refractivity contribution in [2.75, 3.05) is 26.0 Å². The number of aryl methyl sites for hydroxylation is 1. The molecule has 5 rings (SSSR count). The van der Waals surface area contributed by atoms with E-state index in [2.05, 4.69) is 10.2 Å². The number of anilines is 1. The molecule has 188 valence electrons. The van der Waals surface area contributed by atoms with Gasteiger partial charge in [-0.25, -0.2) is 4.79 Å². The van der Waals surface area contributed by atoms with Crippen LogP contribution < -0.4 is 10.1 Å². The second-order valence-corrected chi connectivity index (χ2v) is 9.31. The number of pyridine rings is 1. The third kappa shape index (κ3) is 5.04. The lowest BCUT2D eigenvalue weighted by atomic mass is 9.96. The van der Waals surface area contributed by atoms with Crippen molar-refractivity contribution < 1.29 is 19.1 Å². The van der Waals surface area contributed by atoms with Crippen LogP contribution in [-0.4, -0.2) is 42.5 Å². The number of carbonyl (C=O) groups is 2. The van der Waals surface area contributed by atoms with Gasteiger partial charge in [0.1, 0.15) is 5.75 Å². The summed E-state index contributed by atoms with van der Waals surface area (Å²) < 4.78 is 11.5.